The molecule has 0 atom stereocenters. The van der Waals surface area contributed by atoms with Gasteiger partial charge in [0.25, 0.3) is 0 Å². The molecular weight excluding hydrogens is 420 g/mol. The van der Waals surface area contributed by atoms with Crippen molar-refractivity contribution in [1.29, 1.82) is 0 Å². The SMILES string of the molecule is FC(F)(F)c1ccc(-c2cccc(-c3ccc(C(F)(F)F)cc3)c2C2=NCCO2)cc1. The van der Waals surface area contributed by atoms with E-state index in [2.05, 4.69) is 4.99 Å². The van der Waals surface area contributed by atoms with Gasteiger partial charge in [-0.05, 0) is 46.5 Å². The predicted molar refractivity (Wildman–Crippen MR) is 105 cm³/mol. The molecule has 1 aliphatic rings. The molecule has 3 aromatic carbocycles. The standard InChI is InChI=1S/C23H15F6NO/c24-22(25,26)16-8-4-14(5-9-16)18-2-1-3-19(20(18)21-30-12-13-31-21)15-6-10-17(11-7-15)23(27,28)29/h1-11H,12-13H2. The van der Waals surface area contributed by atoms with Crippen LogP contribution in [0.15, 0.2) is 71.7 Å². The minimum absolute atomic E-state index is 0.311. The highest BCUT2D eigenvalue weighted by molar-refractivity contribution is 6.07. The Morgan fingerprint density at radius 3 is 1.45 bits per heavy atom. The van der Waals surface area contributed by atoms with Crippen molar-refractivity contribution in [1.82, 2.24) is 0 Å². The van der Waals surface area contributed by atoms with E-state index in [1.165, 1.54) is 24.3 Å². The molecule has 3 aromatic rings. The Labute approximate surface area is 173 Å². The van der Waals surface area contributed by atoms with Gasteiger partial charge in [0, 0.05) is 0 Å². The topological polar surface area (TPSA) is 21.6 Å². The first-order valence-electron chi connectivity index (χ1n) is 9.30. The summed E-state index contributed by atoms with van der Waals surface area (Å²) in [6.45, 7) is 0.770. The molecule has 0 saturated carbocycles. The fourth-order valence-electron chi connectivity index (χ4n) is 3.43. The Morgan fingerprint density at radius 2 is 1.10 bits per heavy atom. The second-order valence-corrected chi connectivity index (χ2v) is 6.91. The van der Waals surface area contributed by atoms with E-state index in [0.29, 0.717) is 46.9 Å². The highest BCUT2D eigenvalue weighted by atomic mass is 19.4. The maximum absolute atomic E-state index is 12.9. The van der Waals surface area contributed by atoms with Crippen LogP contribution in [0.3, 0.4) is 0 Å². The maximum Gasteiger partial charge on any atom is 0.416 e. The second-order valence-electron chi connectivity index (χ2n) is 6.91. The van der Waals surface area contributed by atoms with Gasteiger partial charge in [0.2, 0.25) is 5.90 Å². The third-order valence-electron chi connectivity index (χ3n) is 4.91. The molecule has 0 fully saturated rings. The minimum Gasteiger partial charge on any atom is -0.475 e. The van der Waals surface area contributed by atoms with Crippen LogP contribution in [-0.2, 0) is 17.1 Å². The van der Waals surface area contributed by atoms with E-state index in [0.717, 1.165) is 24.3 Å². The summed E-state index contributed by atoms with van der Waals surface area (Å²) in [7, 11) is 0. The van der Waals surface area contributed by atoms with Gasteiger partial charge in [0.1, 0.15) is 6.61 Å². The molecule has 0 saturated heterocycles. The molecule has 1 heterocycles. The molecule has 0 bridgehead atoms. The van der Waals surface area contributed by atoms with Gasteiger partial charge < -0.3 is 4.74 Å². The molecule has 0 aliphatic carbocycles. The van der Waals surface area contributed by atoms with Gasteiger partial charge in [-0.15, -0.1) is 0 Å². The van der Waals surface area contributed by atoms with Crippen LogP contribution >= 0.6 is 0 Å². The van der Waals surface area contributed by atoms with E-state index in [-0.39, 0.29) is 0 Å². The monoisotopic (exact) mass is 435 g/mol. The average molecular weight is 435 g/mol. The maximum atomic E-state index is 12.9. The molecule has 160 valence electrons. The number of rotatable bonds is 3. The summed E-state index contributed by atoms with van der Waals surface area (Å²) in [5, 5.41) is 0. The first kappa shape index (κ1) is 21.0. The van der Waals surface area contributed by atoms with Gasteiger partial charge >= 0.3 is 12.4 Å². The van der Waals surface area contributed by atoms with Crippen molar-refractivity contribution in [2.75, 3.05) is 13.2 Å². The smallest absolute Gasteiger partial charge is 0.416 e. The average Bonchev–Trinajstić information content (AvgIpc) is 3.27. The molecule has 0 unspecified atom stereocenters. The van der Waals surface area contributed by atoms with Gasteiger partial charge in [-0.25, -0.2) is 4.99 Å². The van der Waals surface area contributed by atoms with Crippen LogP contribution in [0.2, 0.25) is 0 Å². The lowest BCUT2D eigenvalue weighted by molar-refractivity contribution is -0.138. The summed E-state index contributed by atoms with van der Waals surface area (Å²) < 4.78 is 83.2. The van der Waals surface area contributed by atoms with E-state index in [1.807, 2.05) is 0 Å². The Morgan fingerprint density at radius 1 is 0.645 bits per heavy atom. The molecule has 0 spiro atoms. The van der Waals surface area contributed by atoms with Crippen LogP contribution in [0.25, 0.3) is 22.3 Å². The number of nitrogens with zero attached hydrogens (tertiary/aromatic N) is 1. The first-order chi connectivity index (χ1) is 14.6. The van der Waals surface area contributed by atoms with Gasteiger partial charge in [0.15, 0.2) is 0 Å². The Kier molecular flexibility index (Phi) is 5.24. The van der Waals surface area contributed by atoms with Crippen molar-refractivity contribution in [2.24, 2.45) is 4.99 Å². The van der Waals surface area contributed by atoms with Crippen LogP contribution in [0, 0.1) is 0 Å². The van der Waals surface area contributed by atoms with Crippen molar-refractivity contribution in [3.05, 3.63) is 83.4 Å². The summed E-state index contributed by atoms with van der Waals surface area (Å²) in [6, 6.07) is 14.5. The molecular formula is C23H15F6NO. The Balaban J connectivity index is 1.84. The predicted octanol–water partition coefficient (Wildman–Crippen LogP) is 6.84. The van der Waals surface area contributed by atoms with Crippen LogP contribution in [0.5, 0.6) is 0 Å². The molecule has 8 heteroatoms. The Bertz CT molecular complexity index is 1040. The number of alkyl halides is 6. The van der Waals surface area contributed by atoms with E-state index in [4.69, 9.17) is 4.74 Å². The summed E-state index contributed by atoms with van der Waals surface area (Å²) in [4.78, 5) is 4.33. The van der Waals surface area contributed by atoms with Gasteiger partial charge in [0.05, 0.1) is 23.2 Å². The van der Waals surface area contributed by atoms with Crippen molar-refractivity contribution in [3.63, 3.8) is 0 Å². The molecule has 0 N–H and O–H groups in total. The first-order valence-corrected chi connectivity index (χ1v) is 9.30. The highest BCUT2D eigenvalue weighted by Gasteiger charge is 2.31. The summed E-state index contributed by atoms with van der Waals surface area (Å²) in [5.74, 6) is 0.311. The fraction of sp³-hybridized carbons (Fsp3) is 0.174. The lowest BCUT2D eigenvalue weighted by Crippen LogP contribution is -2.07. The van der Waals surface area contributed by atoms with E-state index in [1.54, 1.807) is 18.2 Å². The summed E-state index contributed by atoms with van der Waals surface area (Å²) in [6.07, 6.45) is -8.91. The molecule has 2 nitrogen and oxygen atoms in total. The zero-order valence-corrected chi connectivity index (χ0v) is 15.9. The summed E-state index contributed by atoms with van der Waals surface area (Å²) in [5.41, 5.74) is 1.15. The number of hydrogen-bond donors (Lipinski definition) is 0. The molecule has 4 rings (SSSR count). The van der Waals surface area contributed by atoms with Crippen molar-refractivity contribution in [2.45, 2.75) is 12.4 Å². The molecule has 31 heavy (non-hydrogen) atoms. The van der Waals surface area contributed by atoms with Gasteiger partial charge in [-0.1, -0.05) is 42.5 Å². The third kappa shape index (κ3) is 4.28. The van der Waals surface area contributed by atoms with Gasteiger partial charge in [-0.2, -0.15) is 26.3 Å². The van der Waals surface area contributed by atoms with Crippen LogP contribution in [0.1, 0.15) is 16.7 Å². The second kappa shape index (κ2) is 7.76. The third-order valence-corrected chi connectivity index (χ3v) is 4.91. The normalized spacial score (nSPS) is 14.3. The zero-order chi connectivity index (χ0) is 22.2. The molecule has 1 aliphatic heterocycles. The van der Waals surface area contributed by atoms with E-state index in [9.17, 15) is 26.3 Å². The van der Waals surface area contributed by atoms with Crippen LogP contribution < -0.4 is 0 Å². The lowest BCUT2D eigenvalue weighted by Gasteiger charge is -2.16. The quantitative estimate of drug-likeness (QED) is 0.413. The van der Waals surface area contributed by atoms with Crippen molar-refractivity contribution >= 4 is 5.90 Å². The highest BCUT2D eigenvalue weighted by Crippen LogP contribution is 2.37. The van der Waals surface area contributed by atoms with E-state index >= 15 is 0 Å². The van der Waals surface area contributed by atoms with Crippen LogP contribution in [-0.4, -0.2) is 19.0 Å². The molecule has 0 amide bonds. The number of ether oxygens (including phenoxy) is 1. The van der Waals surface area contributed by atoms with Crippen LogP contribution in [0.4, 0.5) is 26.3 Å². The van der Waals surface area contributed by atoms with E-state index < -0.39 is 23.5 Å². The number of halogens is 6. The lowest BCUT2D eigenvalue weighted by atomic mass is 9.91. The van der Waals surface area contributed by atoms with Gasteiger partial charge in [-0.3, -0.25) is 0 Å². The molecule has 0 aromatic heterocycles. The number of aliphatic imine (C=N–C) groups is 1. The Hall–Kier alpha value is -3.29. The largest absolute Gasteiger partial charge is 0.475 e. The number of hydrogen-bond acceptors (Lipinski definition) is 2. The molecule has 0 radical (unpaired) electrons. The minimum atomic E-state index is -4.46. The number of benzene rings is 3. The van der Waals surface area contributed by atoms with Crippen molar-refractivity contribution in [3.8, 4) is 22.3 Å². The van der Waals surface area contributed by atoms with Crippen molar-refractivity contribution < 1.29 is 31.1 Å². The zero-order valence-electron chi connectivity index (χ0n) is 15.9. The fourth-order valence-corrected chi connectivity index (χ4v) is 3.43. The summed E-state index contributed by atoms with van der Waals surface area (Å²) >= 11 is 0.